The molecule has 0 aromatic heterocycles. The van der Waals surface area contributed by atoms with Gasteiger partial charge >= 0.3 is 6.18 Å². The molecule has 1 aromatic carbocycles. The zero-order valence-corrected chi connectivity index (χ0v) is 15.5. The lowest BCUT2D eigenvalue weighted by Gasteiger charge is -2.29. The average Bonchev–Trinajstić information content (AvgIpc) is 2.82. The maximum atomic E-state index is 13.7. The van der Waals surface area contributed by atoms with Crippen molar-refractivity contribution in [1.82, 2.24) is 4.90 Å². The average molecular weight is 366 g/mol. The Bertz CT molecular complexity index is 720. The van der Waals surface area contributed by atoms with Gasteiger partial charge in [0.1, 0.15) is 5.41 Å². The summed E-state index contributed by atoms with van der Waals surface area (Å²) in [6.45, 7) is 6.26. The molecule has 2 aliphatic heterocycles. The molecule has 3 rings (SSSR count). The standard InChI is InChI=1S/C20H25F3N2O/c1-15(2)25-11-12-26-13-17-16(5-4-6-18(17)25)7-8-19(20(21,22)23)9-10-24(3)14-19/h4-6,15H,9-14H2,1-3H3. The monoisotopic (exact) mass is 366 g/mol. The summed E-state index contributed by atoms with van der Waals surface area (Å²) in [6, 6.07) is 5.94. The highest BCUT2D eigenvalue weighted by Crippen LogP contribution is 2.44. The number of hydrogen-bond donors (Lipinski definition) is 0. The molecule has 3 nitrogen and oxygen atoms in total. The fraction of sp³-hybridized carbons (Fsp3) is 0.600. The number of rotatable bonds is 1. The number of halogens is 3. The van der Waals surface area contributed by atoms with Crippen molar-refractivity contribution in [1.29, 1.82) is 0 Å². The Labute approximate surface area is 153 Å². The molecule has 0 saturated carbocycles. The number of fused-ring (bicyclic) bond motifs is 1. The van der Waals surface area contributed by atoms with Crippen molar-refractivity contribution >= 4 is 5.69 Å². The largest absolute Gasteiger partial charge is 0.406 e. The first-order valence-electron chi connectivity index (χ1n) is 8.98. The number of benzene rings is 1. The smallest absolute Gasteiger partial charge is 0.375 e. The Morgan fingerprint density at radius 3 is 2.62 bits per heavy atom. The van der Waals surface area contributed by atoms with Crippen LogP contribution in [0, 0.1) is 17.3 Å². The molecule has 142 valence electrons. The predicted octanol–water partition coefficient (Wildman–Crippen LogP) is 3.67. The first kappa shape index (κ1) is 19.1. The fourth-order valence-corrected chi connectivity index (χ4v) is 3.70. The Hall–Kier alpha value is -1.71. The highest BCUT2D eigenvalue weighted by Gasteiger charge is 2.56. The molecule has 2 aliphatic rings. The van der Waals surface area contributed by atoms with Gasteiger partial charge in [0, 0.05) is 35.9 Å². The number of likely N-dealkylation sites (tertiary alicyclic amines) is 1. The van der Waals surface area contributed by atoms with Crippen LogP contribution in [0.2, 0.25) is 0 Å². The van der Waals surface area contributed by atoms with Crippen molar-refractivity contribution in [3.8, 4) is 11.8 Å². The summed E-state index contributed by atoms with van der Waals surface area (Å²) in [5.74, 6) is 5.47. The van der Waals surface area contributed by atoms with E-state index in [1.165, 1.54) is 0 Å². The molecule has 1 saturated heterocycles. The highest BCUT2D eigenvalue weighted by atomic mass is 19.4. The Morgan fingerprint density at radius 2 is 2.00 bits per heavy atom. The third-order valence-electron chi connectivity index (χ3n) is 5.25. The zero-order chi connectivity index (χ0) is 18.9. The molecule has 2 heterocycles. The minimum absolute atomic E-state index is 0.0175. The molecule has 1 fully saturated rings. The molecular formula is C20H25F3N2O. The Balaban J connectivity index is 2.02. The summed E-state index contributed by atoms with van der Waals surface area (Å²) in [6.07, 6.45) is -4.32. The first-order valence-corrected chi connectivity index (χ1v) is 8.98. The van der Waals surface area contributed by atoms with Gasteiger partial charge in [-0.3, -0.25) is 0 Å². The second kappa shape index (κ2) is 7.13. The van der Waals surface area contributed by atoms with Gasteiger partial charge in [0.2, 0.25) is 0 Å². The van der Waals surface area contributed by atoms with E-state index in [4.69, 9.17) is 4.74 Å². The fourth-order valence-electron chi connectivity index (χ4n) is 3.70. The van der Waals surface area contributed by atoms with Crippen LogP contribution in [0.4, 0.5) is 18.9 Å². The normalized spacial score (nSPS) is 24.2. The minimum Gasteiger partial charge on any atom is -0.375 e. The van der Waals surface area contributed by atoms with Crippen LogP contribution in [-0.4, -0.2) is 50.4 Å². The van der Waals surface area contributed by atoms with E-state index >= 15 is 0 Å². The molecule has 1 unspecified atom stereocenters. The minimum atomic E-state index is -4.34. The lowest BCUT2D eigenvalue weighted by Crippen LogP contribution is -2.39. The molecule has 0 aliphatic carbocycles. The second-order valence-electron chi connectivity index (χ2n) is 7.46. The van der Waals surface area contributed by atoms with Crippen molar-refractivity contribution in [2.75, 3.05) is 38.2 Å². The first-order chi connectivity index (χ1) is 12.2. The van der Waals surface area contributed by atoms with Crippen molar-refractivity contribution in [3.05, 3.63) is 29.3 Å². The van der Waals surface area contributed by atoms with Crippen LogP contribution < -0.4 is 4.90 Å². The van der Waals surface area contributed by atoms with E-state index in [0.717, 1.165) is 17.8 Å². The molecule has 0 radical (unpaired) electrons. The van der Waals surface area contributed by atoms with E-state index in [1.54, 1.807) is 18.0 Å². The van der Waals surface area contributed by atoms with Crippen molar-refractivity contribution in [2.45, 2.75) is 39.1 Å². The summed E-state index contributed by atoms with van der Waals surface area (Å²) >= 11 is 0. The summed E-state index contributed by atoms with van der Waals surface area (Å²) in [4.78, 5) is 3.91. The zero-order valence-electron chi connectivity index (χ0n) is 15.5. The van der Waals surface area contributed by atoms with Gasteiger partial charge in [-0.2, -0.15) is 13.2 Å². The Morgan fingerprint density at radius 1 is 1.23 bits per heavy atom. The van der Waals surface area contributed by atoms with Crippen LogP contribution in [0.5, 0.6) is 0 Å². The van der Waals surface area contributed by atoms with Gasteiger partial charge in [-0.05, 0) is 46.0 Å². The lowest BCUT2D eigenvalue weighted by molar-refractivity contribution is -0.197. The summed E-state index contributed by atoms with van der Waals surface area (Å²) in [7, 11) is 1.71. The molecular weight excluding hydrogens is 341 g/mol. The molecule has 0 bridgehead atoms. The van der Waals surface area contributed by atoms with Gasteiger partial charge in [0.25, 0.3) is 0 Å². The summed E-state index contributed by atoms with van der Waals surface area (Å²) < 4.78 is 46.8. The van der Waals surface area contributed by atoms with E-state index in [1.807, 2.05) is 12.1 Å². The molecule has 26 heavy (non-hydrogen) atoms. The molecule has 0 spiro atoms. The van der Waals surface area contributed by atoms with Gasteiger partial charge in [0.05, 0.1) is 13.2 Å². The van der Waals surface area contributed by atoms with Gasteiger partial charge in [-0.15, -0.1) is 0 Å². The summed E-state index contributed by atoms with van der Waals surface area (Å²) in [5.41, 5.74) is 0.574. The van der Waals surface area contributed by atoms with Crippen LogP contribution in [0.1, 0.15) is 31.4 Å². The van der Waals surface area contributed by atoms with Crippen molar-refractivity contribution in [3.63, 3.8) is 0 Å². The summed E-state index contributed by atoms with van der Waals surface area (Å²) in [5, 5.41) is 0. The van der Waals surface area contributed by atoms with Crippen LogP contribution in [0.15, 0.2) is 18.2 Å². The lowest BCUT2D eigenvalue weighted by atomic mass is 9.86. The topological polar surface area (TPSA) is 15.7 Å². The SMILES string of the molecule is CC(C)N1CCOCc2c(C#CC3(C(F)(F)F)CCN(C)C3)cccc21. The quantitative estimate of drug-likeness (QED) is 0.706. The third kappa shape index (κ3) is 3.56. The number of alkyl halides is 3. The molecule has 1 atom stereocenters. The van der Waals surface area contributed by atoms with Gasteiger partial charge in [-0.25, -0.2) is 0 Å². The number of nitrogens with zero attached hydrogens (tertiary/aromatic N) is 2. The van der Waals surface area contributed by atoms with E-state index < -0.39 is 11.6 Å². The van der Waals surface area contributed by atoms with Crippen LogP contribution in [0.25, 0.3) is 0 Å². The maximum Gasteiger partial charge on any atom is 0.406 e. The second-order valence-corrected chi connectivity index (χ2v) is 7.46. The van der Waals surface area contributed by atoms with E-state index in [0.29, 0.717) is 25.3 Å². The van der Waals surface area contributed by atoms with Crippen LogP contribution in [0.3, 0.4) is 0 Å². The van der Waals surface area contributed by atoms with Crippen LogP contribution >= 0.6 is 0 Å². The number of anilines is 1. The van der Waals surface area contributed by atoms with Crippen molar-refractivity contribution < 1.29 is 17.9 Å². The van der Waals surface area contributed by atoms with E-state index in [-0.39, 0.29) is 19.0 Å². The number of ether oxygens (including phenoxy) is 1. The maximum absolute atomic E-state index is 13.7. The number of hydrogen-bond acceptors (Lipinski definition) is 3. The molecule has 0 amide bonds. The molecule has 1 aromatic rings. The third-order valence-corrected chi connectivity index (χ3v) is 5.25. The van der Waals surface area contributed by atoms with Gasteiger partial charge < -0.3 is 14.5 Å². The predicted molar refractivity (Wildman–Crippen MR) is 96.1 cm³/mol. The van der Waals surface area contributed by atoms with Crippen LogP contribution in [-0.2, 0) is 11.3 Å². The Kier molecular flexibility index (Phi) is 5.23. The molecule has 6 heteroatoms. The highest BCUT2D eigenvalue weighted by molar-refractivity contribution is 5.61. The molecule has 0 N–H and O–H groups in total. The van der Waals surface area contributed by atoms with E-state index in [9.17, 15) is 13.2 Å². The van der Waals surface area contributed by atoms with Gasteiger partial charge in [0.15, 0.2) is 0 Å². The van der Waals surface area contributed by atoms with Crippen molar-refractivity contribution in [2.24, 2.45) is 5.41 Å². The van der Waals surface area contributed by atoms with E-state index in [2.05, 4.69) is 30.6 Å². The van der Waals surface area contributed by atoms with Gasteiger partial charge in [-0.1, -0.05) is 17.9 Å².